The standard InChI is InChI=1S/C25H12BrF13N2O3/c1-41(21(43)10-5-6-14(27)15(28)7-10)16-4-2-3-12(18(16)29)20(42)40-19-13(26)8-11(9-17(19)44-25(37,38)39)22(30,23(31,32)33)24(34,35)36/h2-9H,1H3,(H,40,42). The molecular formula is C25H12BrF13N2O3. The van der Waals surface area contributed by atoms with Gasteiger partial charge in [0, 0.05) is 22.6 Å². The van der Waals surface area contributed by atoms with Crippen molar-refractivity contribution in [3.8, 4) is 5.75 Å². The number of nitrogens with zero attached hydrogens (tertiary/aromatic N) is 1. The Balaban J connectivity index is 2.07. The first-order valence-electron chi connectivity index (χ1n) is 11.2. The van der Waals surface area contributed by atoms with Gasteiger partial charge >= 0.3 is 24.4 Å². The summed E-state index contributed by atoms with van der Waals surface area (Å²) in [6, 6.07) is 3.69. The molecule has 0 unspecified atom stereocenters. The number of anilines is 2. The Labute approximate surface area is 245 Å². The molecule has 0 fully saturated rings. The maximum atomic E-state index is 15.3. The fourth-order valence-electron chi connectivity index (χ4n) is 3.66. The molecule has 5 nitrogen and oxygen atoms in total. The lowest BCUT2D eigenvalue weighted by molar-refractivity contribution is -0.348. The third-order valence-electron chi connectivity index (χ3n) is 5.75. The quantitative estimate of drug-likeness (QED) is 0.261. The number of hydrogen-bond acceptors (Lipinski definition) is 3. The van der Waals surface area contributed by atoms with Gasteiger partial charge in [0.1, 0.15) is 0 Å². The highest BCUT2D eigenvalue weighted by molar-refractivity contribution is 9.10. The van der Waals surface area contributed by atoms with Gasteiger partial charge in [-0.1, -0.05) is 6.07 Å². The number of alkyl halides is 10. The first-order valence-corrected chi connectivity index (χ1v) is 12.0. The summed E-state index contributed by atoms with van der Waals surface area (Å²) >= 11 is 2.38. The van der Waals surface area contributed by atoms with Gasteiger partial charge < -0.3 is 15.0 Å². The molecular weight excluding hydrogens is 703 g/mol. The van der Waals surface area contributed by atoms with Gasteiger partial charge in [-0.2, -0.15) is 26.3 Å². The maximum absolute atomic E-state index is 15.3. The molecule has 0 heterocycles. The zero-order valence-corrected chi connectivity index (χ0v) is 22.7. The lowest BCUT2D eigenvalue weighted by Crippen LogP contribution is -2.50. The zero-order chi connectivity index (χ0) is 33.6. The fourth-order valence-corrected chi connectivity index (χ4v) is 4.20. The van der Waals surface area contributed by atoms with Crippen LogP contribution in [-0.4, -0.2) is 37.6 Å². The molecule has 3 aromatic rings. The molecule has 3 rings (SSSR count). The lowest BCUT2D eigenvalue weighted by Gasteiger charge is -2.31. The van der Waals surface area contributed by atoms with E-state index in [-0.39, 0.29) is 6.07 Å². The molecule has 0 radical (unpaired) electrons. The van der Waals surface area contributed by atoms with Crippen molar-refractivity contribution in [2.24, 2.45) is 0 Å². The molecule has 1 N–H and O–H groups in total. The van der Waals surface area contributed by atoms with Crippen molar-refractivity contribution in [2.75, 3.05) is 17.3 Å². The largest absolute Gasteiger partial charge is 0.573 e. The highest BCUT2D eigenvalue weighted by Gasteiger charge is 2.73. The van der Waals surface area contributed by atoms with Crippen LogP contribution in [0.3, 0.4) is 0 Å². The predicted molar refractivity (Wildman–Crippen MR) is 129 cm³/mol. The number of ether oxygens (including phenoxy) is 1. The van der Waals surface area contributed by atoms with E-state index < -0.39 is 98.0 Å². The Morgan fingerprint density at radius 1 is 0.818 bits per heavy atom. The number of amides is 2. The Bertz CT molecular complexity index is 1590. The Morgan fingerprint density at radius 2 is 1.41 bits per heavy atom. The fraction of sp³-hybridized carbons (Fsp3) is 0.200. The average molecular weight is 715 g/mol. The van der Waals surface area contributed by atoms with Gasteiger partial charge in [0.05, 0.1) is 16.9 Å². The van der Waals surface area contributed by atoms with Gasteiger partial charge in [-0.25, -0.2) is 17.6 Å². The first-order chi connectivity index (χ1) is 20.0. The third-order valence-corrected chi connectivity index (χ3v) is 6.38. The van der Waals surface area contributed by atoms with Crippen molar-refractivity contribution in [1.82, 2.24) is 0 Å². The van der Waals surface area contributed by atoms with Crippen LogP contribution in [0.1, 0.15) is 26.3 Å². The van der Waals surface area contributed by atoms with Crippen LogP contribution in [0.4, 0.5) is 68.5 Å². The van der Waals surface area contributed by atoms with E-state index in [4.69, 9.17) is 0 Å². The SMILES string of the molecule is CN(C(=O)c1ccc(F)c(F)c1)c1cccc(C(=O)Nc2c(Br)cc(C(F)(C(F)(F)F)C(F)(F)F)cc2OC(F)(F)F)c1F. The molecule has 19 heteroatoms. The van der Waals surface area contributed by atoms with Crippen molar-refractivity contribution in [1.29, 1.82) is 0 Å². The van der Waals surface area contributed by atoms with Crippen LogP contribution in [0.5, 0.6) is 5.75 Å². The lowest BCUT2D eigenvalue weighted by atomic mass is 9.93. The Morgan fingerprint density at radius 3 is 1.93 bits per heavy atom. The summed E-state index contributed by atoms with van der Waals surface area (Å²) in [6.07, 6.45) is -19.3. The van der Waals surface area contributed by atoms with E-state index in [1.807, 2.05) is 0 Å². The van der Waals surface area contributed by atoms with E-state index in [1.165, 1.54) is 0 Å². The number of halogens is 14. The second kappa shape index (κ2) is 11.8. The Kier molecular flexibility index (Phi) is 9.25. The van der Waals surface area contributed by atoms with Gasteiger partial charge in [-0.15, -0.1) is 13.2 Å². The van der Waals surface area contributed by atoms with E-state index in [1.54, 1.807) is 5.32 Å². The first kappa shape index (κ1) is 34.5. The number of carbonyl (C=O) groups excluding carboxylic acids is 2. The normalized spacial score (nSPS) is 12.6. The number of nitrogens with one attached hydrogen (secondary N) is 1. The summed E-state index contributed by atoms with van der Waals surface area (Å²) in [6.45, 7) is 0. The van der Waals surface area contributed by atoms with Gasteiger partial charge in [-0.05, 0) is 58.4 Å². The van der Waals surface area contributed by atoms with E-state index in [0.29, 0.717) is 17.0 Å². The molecule has 0 spiro atoms. The summed E-state index contributed by atoms with van der Waals surface area (Å²) in [4.78, 5) is 26.1. The molecule has 0 saturated carbocycles. The topological polar surface area (TPSA) is 58.6 Å². The minimum Gasteiger partial charge on any atom is -0.404 e. The average Bonchev–Trinajstić information content (AvgIpc) is 2.88. The van der Waals surface area contributed by atoms with Crippen LogP contribution in [0, 0.1) is 17.5 Å². The molecule has 0 atom stereocenters. The van der Waals surface area contributed by atoms with Crippen LogP contribution in [-0.2, 0) is 5.67 Å². The van der Waals surface area contributed by atoms with E-state index in [9.17, 15) is 62.3 Å². The molecule has 3 aromatic carbocycles. The Hall–Kier alpha value is -4.03. The van der Waals surface area contributed by atoms with Crippen LogP contribution in [0.15, 0.2) is 53.0 Å². The number of rotatable bonds is 6. The number of hydrogen-bond donors (Lipinski definition) is 1. The summed E-state index contributed by atoms with van der Waals surface area (Å²) in [7, 11) is 0.943. The minimum absolute atomic E-state index is 0.221. The van der Waals surface area contributed by atoms with E-state index >= 15 is 4.39 Å². The summed E-state index contributed by atoms with van der Waals surface area (Å²) in [5.74, 6) is -9.02. The zero-order valence-electron chi connectivity index (χ0n) is 21.1. The monoisotopic (exact) mass is 714 g/mol. The van der Waals surface area contributed by atoms with Crippen molar-refractivity contribution >= 4 is 39.1 Å². The summed E-state index contributed by atoms with van der Waals surface area (Å²) in [5.41, 5.74) is -12.1. The maximum Gasteiger partial charge on any atom is 0.573 e. The molecule has 0 aliphatic carbocycles. The highest BCUT2D eigenvalue weighted by Crippen LogP contribution is 2.55. The molecule has 44 heavy (non-hydrogen) atoms. The predicted octanol–water partition coefficient (Wildman–Crippen LogP) is 8.58. The molecule has 0 aromatic heterocycles. The van der Waals surface area contributed by atoms with Crippen LogP contribution >= 0.6 is 15.9 Å². The van der Waals surface area contributed by atoms with Crippen molar-refractivity contribution in [2.45, 2.75) is 24.4 Å². The summed E-state index contributed by atoms with van der Waals surface area (Å²) < 4.78 is 177. The highest BCUT2D eigenvalue weighted by atomic mass is 79.9. The van der Waals surface area contributed by atoms with Crippen molar-refractivity contribution in [3.05, 3.63) is 87.1 Å². The molecule has 0 aliphatic heterocycles. The van der Waals surface area contributed by atoms with Gasteiger partial charge in [-0.3, -0.25) is 9.59 Å². The van der Waals surface area contributed by atoms with E-state index in [0.717, 1.165) is 31.3 Å². The smallest absolute Gasteiger partial charge is 0.404 e. The molecule has 0 bridgehead atoms. The van der Waals surface area contributed by atoms with Crippen LogP contribution in [0.25, 0.3) is 0 Å². The molecule has 0 saturated heterocycles. The van der Waals surface area contributed by atoms with Crippen molar-refractivity contribution in [3.63, 3.8) is 0 Å². The third kappa shape index (κ3) is 6.71. The van der Waals surface area contributed by atoms with Gasteiger partial charge in [0.25, 0.3) is 11.8 Å². The molecule has 238 valence electrons. The second-order valence-corrected chi connectivity index (χ2v) is 9.47. The van der Waals surface area contributed by atoms with Gasteiger partial charge in [0.15, 0.2) is 23.2 Å². The van der Waals surface area contributed by atoms with E-state index in [2.05, 4.69) is 20.7 Å². The van der Waals surface area contributed by atoms with Gasteiger partial charge in [0.2, 0.25) is 0 Å². The van der Waals surface area contributed by atoms with Crippen LogP contribution in [0.2, 0.25) is 0 Å². The second-order valence-electron chi connectivity index (χ2n) is 8.62. The number of benzene rings is 3. The number of carbonyl (C=O) groups is 2. The minimum atomic E-state index is -6.72. The van der Waals surface area contributed by atoms with Crippen LogP contribution < -0.4 is 15.0 Å². The molecule has 2 amide bonds. The summed E-state index contributed by atoms with van der Waals surface area (Å²) in [5, 5.41) is 1.62. The van der Waals surface area contributed by atoms with Crippen molar-refractivity contribution < 1.29 is 71.4 Å². The molecule has 0 aliphatic rings.